The fraction of sp³-hybridized carbons (Fsp3) is 0.727. The maximum Gasteiger partial charge on any atom is 0.0535 e. The fourth-order valence-electron chi connectivity index (χ4n) is 2.29. The van der Waals surface area contributed by atoms with Crippen LogP contribution in [0.1, 0.15) is 17.7 Å². The molecular weight excluding hydrogens is 224 g/mol. The largest absolute Gasteiger partial charge is 0.319 e. The summed E-state index contributed by atoms with van der Waals surface area (Å²) in [6, 6.07) is 0. The molecule has 1 aliphatic heterocycles. The van der Waals surface area contributed by atoms with E-state index in [1.807, 2.05) is 13.2 Å². The first-order valence-electron chi connectivity index (χ1n) is 5.65. The van der Waals surface area contributed by atoms with E-state index >= 15 is 0 Å². The number of aromatic amines is 1. The van der Waals surface area contributed by atoms with E-state index in [4.69, 9.17) is 0 Å². The summed E-state index contributed by atoms with van der Waals surface area (Å²) >= 11 is 0. The highest BCUT2D eigenvalue weighted by molar-refractivity contribution is 5.85. The third-order valence-corrected chi connectivity index (χ3v) is 3.19. The smallest absolute Gasteiger partial charge is 0.0535 e. The quantitative estimate of drug-likeness (QED) is 0.836. The highest BCUT2D eigenvalue weighted by Gasteiger charge is 2.22. The average Bonchev–Trinajstić information content (AvgIpc) is 2.79. The van der Waals surface area contributed by atoms with E-state index in [0.717, 1.165) is 19.0 Å². The van der Waals surface area contributed by atoms with Crippen molar-refractivity contribution in [2.24, 2.45) is 5.92 Å². The normalized spacial score (nSPS) is 21.0. The van der Waals surface area contributed by atoms with Crippen LogP contribution in [-0.2, 0) is 6.54 Å². The van der Waals surface area contributed by atoms with E-state index in [9.17, 15) is 0 Å². The highest BCUT2D eigenvalue weighted by atomic mass is 35.5. The molecule has 0 bridgehead atoms. The van der Waals surface area contributed by atoms with Crippen molar-refractivity contribution in [1.29, 1.82) is 0 Å². The van der Waals surface area contributed by atoms with Crippen LogP contribution in [0.3, 0.4) is 0 Å². The van der Waals surface area contributed by atoms with Crippen LogP contribution in [-0.4, -0.2) is 41.8 Å². The Labute approximate surface area is 103 Å². The van der Waals surface area contributed by atoms with E-state index in [0.29, 0.717) is 0 Å². The van der Waals surface area contributed by atoms with Crippen LogP contribution in [0, 0.1) is 12.8 Å². The van der Waals surface area contributed by atoms with Crippen molar-refractivity contribution in [2.45, 2.75) is 19.9 Å². The molecule has 2 heterocycles. The van der Waals surface area contributed by atoms with Crippen molar-refractivity contribution < 1.29 is 0 Å². The molecule has 1 fully saturated rings. The summed E-state index contributed by atoms with van der Waals surface area (Å²) in [5, 5.41) is 10.3. The molecule has 1 atom stereocenters. The molecule has 1 saturated heterocycles. The lowest BCUT2D eigenvalue weighted by atomic mass is 10.1. The Morgan fingerprint density at radius 3 is 3.06 bits per heavy atom. The van der Waals surface area contributed by atoms with Gasteiger partial charge in [0, 0.05) is 24.3 Å². The van der Waals surface area contributed by atoms with Crippen molar-refractivity contribution in [3.8, 4) is 0 Å². The summed E-state index contributed by atoms with van der Waals surface area (Å²) in [5.74, 6) is 0.821. The molecule has 0 amide bonds. The lowest BCUT2D eigenvalue weighted by Gasteiger charge is -2.15. The molecule has 1 unspecified atom stereocenters. The van der Waals surface area contributed by atoms with Crippen LogP contribution in [0.5, 0.6) is 0 Å². The van der Waals surface area contributed by atoms with Crippen LogP contribution < -0.4 is 5.32 Å². The van der Waals surface area contributed by atoms with E-state index in [1.54, 1.807) is 0 Å². The number of rotatable bonds is 4. The zero-order valence-electron chi connectivity index (χ0n) is 9.99. The number of hydrogen-bond acceptors (Lipinski definition) is 3. The molecule has 5 heteroatoms. The van der Waals surface area contributed by atoms with Gasteiger partial charge in [-0.15, -0.1) is 12.4 Å². The van der Waals surface area contributed by atoms with Gasteiger partial charge in [-0.2, -0.15) is 5.10 Å². The molecule has 1 aromatic rings. The van der Waals surface area contributed by atoms with Crippen molar-refractivity contribution in [3.63, 3.8) is 0 Å². The molecule has 2 rings (SSSR count). The number of hydrogen-bond donors (Lipinski definition) is 2. The molecule has 2 N–H and O–H groups in total. The first-order valence-corrected chi connectivity index (χ1v) is 5.65. The van der Waals surface area contributed by atoms with Gasteiger partial charge in [-0.05, 0) is 39.4 Å². The standard InChI is InChI=1S/C11H20N4.ClH/c1-9-11(6-13-14-9)8-15-4-3-10(7-15)5-12-2;/h6,10,12H,3-5,7-8H2,1-2H3,(H,13,14);1H. The van der Waals surface area contributed by atoms with Gasteiger partial charge in [-0.1, -0.05) is 0 Å². The van der Waals surface area contributed by atoms with Crippen LogP contribution in [0.15, 0.2) is 6.20 Å². The Balaban J connectivity index is 0.00000128. The first-order chi connectivity index (χ1) is 7.29. The second-order valence-corrected chi connectivity index (χ2v) is 4.47. The predicted octanol–water partition coefficient (Wildman–Crippen LogP) is 1.18. The first kappa shape index (κ1) is 13.5. The van der Waals surface area contributed by atoms with Gasteiger partial charge in [0.1, 0.15) is 0 Å². The van der Waals surface area contributed by atoms with Crippen LogP contribution >= 0.6 is 12.4 Å². The molecule has 1 aromatic heterocycles. The van der Waals surface area contributed by atoms with Gasteiger partial charge in [-0.3, -0.25) is 10.00 Å². The molecule has 0 aliphatic carbocycles. The average molecular weight is 245 g/mol. The van der Waals surface area contributed by atoms with Crippen molar-refractivity contribution in [1.82, 2.24) is 20.4 Å². The second-order valence-electron chi connectivity index (χ2n) is 4.47. The van der Waals surface area contributed by atoms with Crippen molar-refractivity contribution in [3.05, 3.63) is 17.5 Å². The third-order valence-electron chi connectivity index (χ3n) is 3.19. The van der Waals surface area contributed by atoms with Crippen molar-refractivity contribution >= 4 is 12.4 Å². The highest BCUT2D eigenvalue weighted by Crippen LogP contribution is 2.18. The van der Waals surface area contributed by atoms with E-state index < -0.39 is 0 Å². The molecule has 0 saturated carbocycles. The van der Waals surface area contributed by atoms with Crippen LogP contribution in [0.4, 0.5) is 0 Å². The summed E-state index contributed by atoms with van der Waals surface area (Å²) < 4.78 is 0. The Hall–Kier alpha value is -0.580. The van der Waals surface area contributed by atoms with Gasteiger partial charge in [0.05, 0.1) is 6.20 Å². The number of aromatic nitrogens is 2. The van der Waals surface area contributed by atoms with Crippen molar-refractivity contribution in [2.75, 3.05) is 26.7 Å². The minimum atomic E-state index is 0. The molecular formula is C11H21ClN4. The summed E-state index contributed by atoms with van der Waals surface area (Å²) in [6.45, 7) is 6.70. The molecule has 0 radical (unpaired) electrons. The summed E-state index contributed by atoms with van der Waals surface area (Å²) in [5.41, 5.74) is 2.53. The molecule has 0 aromatic carbocycles. The SMILES string of the molecule is CNCC1CCN(Cc2cn[nH]c2C)C1.Cl. The van der Waals surface area contributed by atoms with Crippen LogP contribution in [0.25, 0.3) is 0 Å². The third kappa shape index (κ3) is 3.20. The zero-order chi connectivity index (χ0) is 10.7. The maximum absolute atomic E-state index is 4.06. The summed E-state index contributed by atoms with van der Waals surface area (Å²) in [7, 11) is 2.03. The predicted molar refractivity (Wildman–Crippen MR) is 67.9 cm³/mol. The minimum absolute atomic E-state index is 0. The monoisotopic (exact) mass is 244 g/mol. The molecule has 1 aliphatic rings. The molecule has 4 nitrogen and oxygen atoms in total. The van der Waals surface area contributed by atoms with E-state index in [-0.39, 0.29) is 12.4 Å². The van der Waals surface area contributed by atoms with Gasteiger partial charge in [0.15, 0.2) is 0 Å². The minimum Gasteiger partial charge on any atom is -0.319 e. The maximum atomic E-state index is 4.06. The number of nitrogens with one attached hydrogen (secondary N) is 2. The Morgan fingerprint density at radius 2 is 2.44 bits per heavy atom. The number of H-pyrrole nitrogens is 1. The topological polar surface area (TPSA) is 44.0 Å². The van der Waals surface area contributed by atoms with Gasteiger partial charge >= 0.3 is 0 Å². The Kier molecular flexibility index (Phi) is 5.25. The van der Waals surface area contributed by atoms with Gasteiger partial charge in [-0.25, -0.2) is 0 Å². The second kappa shape index (κ2) is 6.23. The summed E-state index contributed by atoms with van der Waals surface area (Å²) in [4.78, 5) is 2.51. The Morgan fingerprint density at radius 1 is 1.62 bits per heavy atom. The number of likely N-dealkylation sites (tertiary alicyclic amines) is 1. The van der Waals surface area contributed by atoms with Gasteiger partial charge in [0.25, 0.3) is 0 Å². The lowest BCUT2D eigenvalue weighted by molar-refractivity contribution is 0.315. The molecule has 16 heavy (non-hydrogen) atoms. The van der Waals surface area contributed by atoms with E-state index in [2.05, 4.69) is 27.3 Å². The molecule has 0 spiro atoms. The zero-order valence-corrected chi connectivity index (χ0v) is 10.8. The Bertz CT molecular complexity index is 313. The fourth-order valence-corrected chi connectivity index (χ4v) is 2.29. The van der Waals surface area contributed by atoms with Gasteiger partial charge in [0.2, 0.25) is 0 Å². The lowest BCUT2D eigenvalue weighted by Crippen LogP contribution is -2.24. The molecule has 92 valence electrons. The summed E-state index contributed by atoms with van der Waals surface area (Å²) in [6.07, 6.45) is 3.26. The number of halogens is 1. The van der Waals surface area contributed by atoms with Gasteiger partial charge < -0.3 is 5.32 Å². The number of nitrogens with zero attached hydrogens (tertiary/aromatic N) is 2. The van der Waals surface area contributed by atoms with Crippen LogP contribution in [0.2, 0.25) is 0 Å². The van der Waals surface area contributed by atoms with E-state index in [1.165, 1.54) is 30.8 Å². The number of aryl methyl sites for hydroxylation is 1.